The van der Waals surface area contributed by atoms with Gasteiger partial charge in [-0.15, -0.1) is 11.3 Å². The Morgan fingerprint density at radius 2 is 1.88 bits per heavy atom. The van der Waals surface area contributed by atoms with Crippen LogP contribution in [0.1, 0.15) is 18.3 Å². The summed E-state index contributed by atoms with van der Waals surface area (Å²) < 4.78 is 0. The van der Waals surface area contributed by atoms with Crippen LogP contribution in [-0.4, -0.2) is 20.7 Å². The van der Waals surface area contributed by atoms with Gasteiger partial charge in [0.1, 0.15) is 5.71 Å². The van der Waals surface area contributed by atoms with E-state index >= 15 is 0 Å². The smallest absolute Gasteiger partial charge is 0.203 e. The van der Waals surface area contributed by atoms with E-state index in [0.29, 0.717) is 0 Å². The number of thiazole rings is 1. The molecule has 0 fully saturated rings. The lowest BCUT2D eigenvalue weighted by Crippen LogP contribution is -2.01. The molecule has 2 aromatic heterocycles. The van der Waals surface area contributed by atoms with Crippen LogP contribution in [0.15, 0.2) is 59.0 Å². The van der Waals surface area contributed by atoms with Crippen molar-refractivity contribution in [3.8, 4) is 11.3 Å². The fourth-order valence-electron chi connectivity index (χ4n) is 2.49. The molecule has 0 amide bonds. The van der Waals surface area contributed by atoms with E-state index in [4.69, 9.17) is 0 Å². The van der Waals surface area contributed by atoms with Crippen LogP contribution in [0.25, 0.3) is 22.3 Å². The number of hydrazone groups is 1. The van der Waals surface area contributed by atoms with Crippen molar-refractivity contribution in [3.05, 3.63) is 65.3 Å². The van der Waals surface area contributed by atoms with Gasteiger partial charge in [-0.25, -0.2) is 9.97 Å². The fourth-order valence-corrected chi connectivity index (χ4v) is 3.15. The number of H-pyrrole nitrogens is 1. The first kappa shape index (κ1) is 15.5. The zero-order chi connectivity index (χ0) is 17.2. The van der Waals surface area contributed by atoms with Crippen LogP contribution in [0.4, 0.5) is 5.13 Å². The third-order valence-corrected chi connectivity index (χ3v) is 4.65. The molecule has 6 heteroatoms. The Kier molecular flexibility index (Phi) is 4.03. The Bertz CT molecular complexity index is 1010. The first-order valence-corrected chi connectivity index (χ1v) is 8.85. The van der Waals surface area contributed by atoms with Crippen molar-refractivity contribution < 1.29 is 0 Å². The number of imidazole rings is 1. The summed E-state index contributed by atoms with van der Waals surface area (Å²) in [5.41, 5.74) is 9.03. The molecule has 25 heavy (non-hydrogen) atoms. The molecule has 5 nitrogen and oxygen atoms in total. The molecule has 0 saturated carbocycles. The summed E-state index contributed by atoms with van der Waals surface area (Å²) >= 11 is 1.53. The fraction of sp³-hybridized carbons (Fsp3) is 0.105. The lowest BCUT2D eigenvalue weighted by Gasteiger charge is -1.98. The number of hydrogen-bond donors (Lipinski definition) is 2. The summed E-state index contributed by atoms with van der Waals surface area (Å²) in [7, 11) is 0. The second kappa shape index (κ2) is 6.49. The third kappa shape index (κ3) is 3.29. The molecule has 2 aromatic carbocycles. The number of aromatic amines is 1. The number of anilines is 1. The predicted molar refractivity (Wildman–Crippen MR) is 104 cm³/mol. The van der Waals surface area contributed by atoms with Gasteiger partial charge >= 0.3 is 0 Å². The molecule has 124 valence electrons. The van der Waals surface area contributed by atoms with Gasteiger partial charge in [0.2, 0.25) is 5.13 Å². The van der Waals surface area contributed by atoms with Gasteiger partial charge < -0.3 is 4.98 Å². The van der Waals surface area contributed by atoms with Crippen molar-refractivity contribution >= 4 is 33.2 Å². The Labute approximate surface area is 149 Å². The van der Waals surface area contributed by atoms with Crippen molar-refractivity contribution in [2.75, 3.05) is 5.43 Å². The largest absolute Gasteiger partial charge is 0.337 e. The number of benzene rings is 2. The molecule has 0 spiro atoms. The molecule has 0 saturated heterocycles. The number of nitrogens with zero attached hydrogens (tertiary/aromatic N) is 3. The molecule has 0 aliphatic rings. The monoisotopic (exact) mass is 347 g/mol. The number of aryl methyl sites for hydroxylation is 1. The van der Waals surface area contributed by atoms with Crippen LogP contribution in [0.5, 0.6) is 0 Å². The van der Waals surface area contributed by atoms with Gasteiger partial charge in [-0.3, -0.25) is 5.43 Å². The number of para-hydroxylation sites is 2. The molecule has 2 N–H and O–H groups in total. The van der Waals surface area contributed by atoms with Gasteiger partial charge in [0.15, 0.2) is 5.82 Å². The maximum atomic E-state index is 4.59. The van der Waals surface area contributed by atoms with E-state index in [1.807, 2.05) is 36.6 Å². The highest BCUT2D eigenvalue weighted by molar-refractivity contribution is 7.14. The summed E-state index contributed by atoms with van der Waals surface area (Å²) in [5.74, 6) is 0.754. The highest BCUT2D eigenvalue weighted by Crippen LogP contribution is 2.25. The van der Waals surface area contributed by atoms with E-state index in [9.17, 15) is 0 Å². The number of hydrogen-bond acceptors (Lipinski definition) is 5. The van der Waals surface area contributed by atoms with Crippen LogP contribution >= 0.6 is 11.3 Å². The number of fused-ring (bicyclic) bond motifs is 1. The highest BCUT2D eigenvalue weighted by atomic mass is 32.1. The number of nitrogens with one attached hydrogen (secondary N) is 2. The van der Waals surface area contributed by atoms with Crippen LogP contribution in [-0.2, 0) is 0 Å². The van der Waals surface area contributed by atoms with E-state index < -0.39 is 0 Å². The molecule has 2 heterocycles. The average Bonchev–Trinajstić information content (AvgIpc) is 3.27. The maximum Gasteiger partial charge on any atom is 0.203 e. The summed E-state index contributed by atoms with van der Waals surface area (Å²) in [6.07, 6.45) is 0. The Morgan fingerprint density at radius 1 is 1.08 bits per heavy atom. The summed E-state index contributed by atoms with van der Waals surface area (Å²) in [6, 6.07) is 16.3. The summed E-state index contributed by atoms with van der Waals surface area (Å²) in [4.78, 5) is 12.4. The number of rotatable bonds is 4. The van der Waals surface area contributed by atoms with E-state index in [1.54, 1.807) is 0 Å². The van der Waals surface area contributed by atoms with Crippen LogP contribution in [0, 0.1) is 6.92 Å². The second-order valence-electron chi connectivity index (χ2n) is 5.82. The summed E-state index contributed by atoms with van der Waals surface area (Å²) in [6.45, 7) is 3.99. The Balaban J connectivity index is 1.52. The van der Waals surface area contributed by atoms with Crippen LogP contribution < -0.4 is 5.43 Å². The minimum atomic E-state index is 0.754. The van der Waals surface area contributed by atoms with Crippen molar-refractivity contribution in [1.82, 2.24) is 15.0 Å². The van der Waals surface area contributed by atoms with E-state index in [2.05, 4.69) is 56.7 Å². The minimum absolute atomic E-state index is 0.754. The maximum absolute atomic E-state index is 4.59. The first-order valence-electron chi connectivity index (χ1n) is 7.97. The molecule has 0 atom stereocenters. The van der Waals surface area contributed by atoms with Gasteiger partial charge in [-0.05, 0) is 26.0 Å². The topological polar surface area (TPSA) is 66.0 Å². The summed E-state index contributed by atoms with van der Waals surface area (Å²) in [5, 5.41) is 7.18. The molecule has 0 aliphatic carbocycles. The van der Waals surface area contributed by atoms with Gasteiger partial charge in [0.25, 0.3) is 0 Å². The van der Waals surface area contributed by atoms with Crippen molar-refractivity contribution in [2.24, 2.45) is 5.10 Å². The van der Waals surface area contributed by atoms with Gasteiger partial charge in [-0.2, -0.15) is 5.10 Å². The third-order valence-electron chi connectivity index (χ3n) is 3.90. The average molecular weight is 347 g/mol. The van der Waals surface area contributed by atoms with Crippen molar-refractivity contribution in [2.45, 2.75) is 13.8 Å². The van der Waals surface area contributed by atoms with Gasteiger partial charge in [0, 0.05) is 10.9 Å². The zero-order valence-corrected chi connectivity index (χ0v) is 14.8. The molecule has 4 rings (SSSR count). The standard InChI is InChI=1S/C19H17N5S/c1-12-7-9-14(10-8-12)17-11-25-19(22-17)24-23-13(2)18-20-15-5-3-4-6-16(15)21-18/h3-11H,1-2H3,(H,20,21)(H,22,24)/b23-13+. The molecule has 0 radical (unpaired) electrons. The zero-order valence-electron chi connectivity index (χ0n) is 13.9. The highest BCUT2D eigenvalue weighted by Gasteiger charge is 2.07. The van der Waals surface area contributed by atoms with Crippen molar-refractivity contribution in [3.63, 3.8) is 0 Å². The van der Waals surface area contributed by atoms with Crippen LogP contribution in [0.3, 0.4) is 0 Å². The van der Waals surface area contributed by atoms with Gasteiger partial charge in [-0.1, -0.05) is 42.0 Å². The van der Waals surface area contributed by atoms with E-state index in [0.717, 1.165) is 39.0 Å². The van der Waals surface area contributed by atoms with E-state index in [1.165, 1.54) is 16.9 Å². The molecule has 0 bridgehead atoms. The molecular formula is C19H17N5S. The van der Waals surface area contributed by atoms with Gasteiger partial charge in [0.05, 0.1) is 16.7 Å². The number of aromatic nitrogens is 3. The first-order chi connectivity index (χ1) is 12.2. The lowest BCUT2D eigenvalue weighted by atomic mass is 10.1. The Morgan fingerprint density at radius 3 is 2.68 bits per heavy atom. The lowest BCUT2D eigenvalue weighted by molar-refractivity contribution is 1.22. The second-order valence-corrected chi connectivity index (χ2v) is 6.67. The molecular weight excluding hydrogens is 330 g/mol. The van der Waals surface area contributed by atoms with Crippen molar-refractivity contribution in [1.29, 1.82) is 0 Å². The molecule has 0 aliphatic heterocycles. The van der Waals surface area contributed by atoms with Crippen LogP contribution in [0.2, 0.25) is 0 Å². The Hall–Kier alpha value is -2.99. The molecule has 4 aromatic rings. The minimum Gasteiger partial charge on any atom is -0.337 e. The van der Waals surface area contributed by atoms with E-state index in [-0.39, 0.29) is 0 Å². The normalized spacial score (nSPS) is 11.8. The predicted octanol–water partition coefficient (Wildman–Crippen LogP) is 4.83. The molecule has 0 unspecified atom stereocenters. The quantitative estimate of drug-likeness (QED) is 0.410. The SMILES string of the molecule is C/C(=N\Nc1nc(-c2ccc(C)cc2)cs1)c1nc2ccccc2[nH]1.